The van der Waals surface area contributed by atoms with Crippen LogP contribution in [0.5, 0.6) is 0 Å². The predicted molar refractivity (Wildman–Crippen MR) is 86.7 cm³/mol. The molecule has 0 radical (unpaired) electrons. The zero-order valence-corrected chi connectivity index (χ0v) is 13.6. The number of nitrogens with zero attached hydrogens (tertiary/aromatic N) is 4. The molecule has 1 saturated heterocycles. The molecule has 0 bridgehead atoms. The summed E-state index contributed by atoms with van der Waals surface area (Å²) in [4.78, 5) is 13.7. The number of hydrogen-bond acceptors (Lipinski definition) is 4. The van der Waals surface area contributed by atoms with Crippen LogP contribution in [0.3, 0.4) is 0 Å². The third-order valence-corrected chi connectivity index (χ3v) is 5.18. The standard InChI is InChI=1S/C17H26N4O2/c1-2-16(22)17(23)20-9-7-13(8-10-20)11-21-12-15(18-19-21)14-5-3-4-6-14/h2,12-14,16,22H,1,3-11H2. The first-order valence-corrected chi connectivity index (χ1v) is 8.67. The molecule has 2 heterocycles. The van der Waals surface area contributed by atoms with E-state index in [1.165, 1.54) is 31.8 Å². The van der Waals surface area contributed by atoms with Crippen molar-refractivity contribution in [1.29, 1.82) is 0 Å². The quantitative estimate of drug-likeness (QED) is 0.839. The number of aliphatic hydroxyl groups is 1. The van der Waals surface area contributed by atoms with Crippen molar-refractivity contribution in [3.8, 4) is 0 Å². The van der Waals surface area contributed by atoms with E-state index in [9.17, 15) is 9.90 Å². The van der Waals surface area contributed by atoms with Crippen LogP contribution < -0.4 is 0 Å². The van der Waals surface area contributed by atoms with Gasteiger partial charge in [0.05, 0.1) is 5.69 Å². The Balaban J connectivity index is 1.49. The minimum absolute atomic E-state index is 0.234. The molecule has 0 aromatic carbocycles. The van der Waals surface area contributed by atoms with Gasteiger partial charge >= 0.3 is 0 Å². The van der Waals surface area contributed by atoms with E-state index in [0.29, 0.717) is 24.9 Å². The molecule has 6 heteroatoms. The fourth-order valence-corrected chi connectivity index (χ4v) is 3.70. The third kappa shape index (κ3) is 3.80. The van der Waals surface area contributed by atoms with E-state index in [-0.39, 0.29) is 5.91 Å². The van der Waals surface area contributed by atoms with Crippen molar-refractivity contribution in [2.75, 3.05) is 13.1 Å². The Morgan fingerprint density at radius 1 is 1.35 bits per heavy atom. The summed E-state index contributed by atoms with van der Waals surface area (Å²) in [7, 11) is 0. The smallest absolute Gasteiger partial charge is 0.255 e. The maximum absolute atomic E-state index is 11.9. The normalized spacial score (nSPS) is 21.5. The van der Waals surface area contributed by atoms with E-state index in [1.807, 2.05) is 4.68 Å². The van der Waals surface area contributed by atoms with Crippen molar-refractivity contribution in [3.63, 3.8) is 0 Å². The number of piperidine rings is 1. The van der Waals surface area contributed by atoms with Crippen molar-refractivity contribution < 1.29 is 9.90 Å². The summed E-state index contributed by atoms with van der Waals surface area (Å²) in [6, 6.07) is 0. The number of likely N-dealkylation sites (tertiary alicyclic amines) is 1. The second-order valence-corrected chi connectivity index (χ2v) is 6.80. The lowest BCUT2D eigenvalue weighted by atomic mass is 9.96. The van der Waals surface area contributed by atoms with Gasteiger partial charge in [-0.1, -0.05) is 30.7 Å². The molecule has 1 atom stereocenters. The second kappa shape index (κ2) is 7.25. The number of aliphatic hydroxyl groups excluding tert-OH is 1. The molecule has 23 heavy (non-hydrogen) atoms. The lowest BCUT2D eigenvalue weighted by molar-refractivity contribution is -0.139. The zero-order valence-electron chi connectivity index (χ0n) is 13.6. The molecule has 1 aromatic heterocycles. The molecule has 2 fully saturated rings. The highest BCUT2D eigenvalue weighted by Crippen LogP contribution is 2.32. The van der Waals surface area contributed by atoms with Gasteiger partial charge in [-0.3, -0.25) is 9.48 Å². The number of aromatic nitrogens is 3. The van der Waals surface area contributed by atoms with E-state index in [1.54, 1.807) is 4.90 Å². The minimum atomic E-state index is -1.07. The summed E-state index contributed by atoms with van der Waals surface area (Å²) in [5.41, 5.74) is 1.14. The van der Waals surface area contributed by atoms with E-state index >= 15 is 0 Å². The summed E-state index contributed by atoms with van der Waals surface area (Å²) in [5, 5.41) is 18.2. The van der Waals surface area contributed by atoms with Crippen LogP contribution in [-0.4, -0.2) is 50.1 Å². The van der Waals surface area contributed by atoms with Gasteiger partial charge in [-0.2, -0.15) is 0 Å². The topological polar surface area (TPSA) is 71.2 Å². The van der Waals surface area contributed by atoms with Gasteiger partial charge in [-0.25, -0.2) is 0 Å². The van der Waals surface area contributed by atoms with Gasteiger partial charge in [-0.15, -0.1) is 5.10 Å². The zero-order chi connectivity index (χ0) is 16.2. The molecule has 0 spiro atoms. The number of carbonyl (C=O) groups is 1. The molecule has 1 unspecified atom stereocenters. The molecule has 1 aromatic rings. The number of rotatable bonds is 5. The van der Waals surface area contributed by atoms with Gasteiger partial charge in [0.1, 0.15) is 0 Å². The molecule has 1 saturated carbocycles. The molecule has 1 N–H and O–H groups in total. The average molecular weight is 318 g/mol. The Morgan fingerprint density at radius 2 is 2.04 bits per heavy atom. The summed E-state index contributed by atoms with van der Waals surface area (Å²) in [6.45, 7) is 5.72. The molecule has 1 amide bonds. The SMILES string of the molecule is C=CC(O)C(=O)N1CCC(Cn2cc(C3CCCC3)nn2)CC1. The summed E-state index contributed by atoms with van der Waals surface area (Å²) in [6.07, 6.45) is 9.29. The van der Waals surface area contributed by atoms with Crippen LogP contribution in [0.15, 0.2) is 18.9 Å². The molecule has 126 valence electrons. The number of carbonyl (C=O) groups excluding carboxylic acids is 1. The molecule has 1 aliphatic carbocycles. The van der Waals surface area contributed by atoms with Crippen LogP contribution >= 0.6 is 0 Å². The van der Waals surface area contributed by atoms with Crippen molar-refractivity contribution in [2.24, 2.45) is 5.92 Å². The highest BCUT2D eigenvalue weighted by Gasteiger charge is 2.26. The van der Waals surface area contributed by atoms with Gasteiger partial charge in [0.25, 0.3) is 5.91 Å². The van der Waals surface area contributed by atoms with E-state index in [4.69, 9.17) is 0 Å². The minimum Gasteiger partial charge on any atom is -0.379 e. The maximum Gasteiger partial charge on any atom is 0.255 e. The Kier molecular flexibility index (Phi) is 5.10. The van der Waals surface area contributed by atoms with Crippen LogP contribution in [0.4, 0.5) is 0 Å². The lowest BCUT2D eigenvalue weighted by Gasteiger charge is -2.32. The van der Waals surface area contributed by atoms with Crippen LogP contribution in [0, 0.1) is 5.92 Å². The van der Waals surface area contributed by atoms with Crippen molar-refractivity contribution >= 4 is 5.91 Å². The Bertz CT molecular complexity index is 543. The van der Waals surface area contributed by atoms with Gasteiger partial charge in [0.2, 0.25) is 0 Å². The average Bonchev–Trinajstić information content (AvgIpc) is 3.25. The van der Waals surface area contributed by atoms with Gasteiger partial charge in [-0.05, 0) is 31.6 Å². The molecular formula is C17H26N4O2. The first kappa shape index (κ1) is 16.2. The Morgan fingerprint density at radius 3 is 2.70 bits per heavy atom. The summed E-state index contributed by atoms with van der Waals surface area (Å²) >= 11 is 0. The highest BCUT2D eigenvalue weighted by molar-refractivity contribution is 5.82. The summed E-state index contributed by atoms with van der Waals surface area (Å²) in [5.74, 6) is 0.879. The van der Waals surface area contributed by atoms with Gasteiger partial charge in [0.15, 0.2) is 6.10 Å². The van der Waals surface area contributed by atoms with E-state index in [0.717, 1.165) is 25.1 Å². The molecule has 6 nitrogen and oxygen atoms in total. The molecule has 3 rings (SSSR count). The third-order valence-electron chi connectivity index (χ3n) is 5.18. The van der Waals surface area contributed by atoms with Crippen molar-refractivity contribution in [3.05, 3.63) is 24.5 Å². The number of amides is 1. The molecule has 1 aliphatic heterocycles. The Labute approximate surface area is 137 Å². The predicted octanol–water partition coefficient (Wildman–Crippen LogP) is 1.72. The van der Waals surface area contributed by atoms with Crippen LogP contribution in [-0.2, 0) is 11.3 Å². The Hall–Kier alpha value is -1.69. The fourth-order valence-electron chi connectivity index (χ4n) is 3.70. The first-order chi connectivity index (χ1) is 11.2. The van der Waals surface area contributed by atoms with E-state index < -0.39 is 6.10 Å². The fraction of sp³-hybridized carbons (Fsp3) is 0.706. The van der Waals surface area contributed by atoms with Crippen LogP contribution in [0.2, 0.25) is 0 Å². The lowest BCUT2D eigenvalue weighted by Crippen LogP contribution is -2.43. The largest absolute Gasteiger partial charge is 0.379 e. The monoisotopic (exact) mass is 318 g/mol. The van der Waals surface area contributed by atoms with Gasteiger partial charge < -0.3 is 10.0 Å². The molecular weight excluding hydrogens is 292 g/mol. The second-order valence-electron chi connectivity index (χ2n) is 6.80. The van der Waals surface area contributed by atoms with Crippen LogP contribution in [0.1, 0.15) is 50.1 Å². The highest BCUT2D eigenvalue weighted by atomic mass is 16.3. The van der Waals surface area contributed by atoms with E-state index in [2.05, 4.69) is 23.1 Å². The van der Waals surface area contributed by atoms with Gasteiger partial charge in [0, 0.05) is 31.7 Å². The summed E-state index contributed by atoms with van der Waals surface area (Å²) < 4.78 is 1.97. The molecule has 2 aliphatic rings. The van der Waals surface area contributed by atoms with Crippen molar-refractivity contribution in [1.82, 2.24) is 19.9 Å². The number of hydrogen-bond donors (Lipinski definition) is 1. The van der Waals surface area contributed by atoms with Crippen LogP contribution in [0.25, 0.3) is 0 Å². The van der Waals surface area contributed by atoms with Crippen molar-refractivity contribution in [2.45, 2.75) is 57.1 Å². The first-order valence-electron chi connectivity index (χ1n) is 8.67. The maximum atomic E-state index is 11.9.